The average Bonchev–Trinajstić information content (AvgIpc) is 2.64. The van der Waals surface area contributed by atoms with E-state index in [4.69, 9.17) is 16.7 Å². The highest BCUT2D eigenvalue weighted by atomic mass is 35.5. The Bertz CT molecular complexity index is 383. The number of carboxylic acids is 1. The van der Waals surface area contributed by atoms with Crippen molar-refractivity contribution in [3.8, 4) is 0 Å². The second-order valence-electron chi connectivity index (χ2n) is 4.02. The maximum Gasteiger partial charge on any atom is 0.306 e. The number of aromatic nitrogens is 1. The third kappa shape index (κ3) is 2.86. The van der Waals surface area contributed by atoms with Gasteiger partial charge in [-0.2, -0.15) is 0 Å². The van der Waals surface area contributed by atoms with E-state index >= 15 is 0 Å². The molecular formula is C10H13ClN2O2S. The number of thiazole rings is 1. The first kappa shape index (κ1) is 11.7. The van der Waals surface area contributed by atoms with Crippen molar-refractivity contribution in [1.29, 1.82) is 0 Å². The summed E-state index contributed by atoms with van der Waals surface area (Å²) >= 11 is 7.17. The van der Waals surface area contributed by atoms with Gasteiger partial charge in [-0.15, -0.1) is 11.3 Å². The van der Waals surface area contributed by atoms with Crippen molar-refractivity contribution in [2.24, 2.45) is 5.92 Å². The van der Waals surface area contributed by atoms with E-state index in [1.807, 2.05) is 0 Å². The zero-order chi connectivity index (χ0) is 11.5. The van der Waals surface area contributed by atoms with Gasteiger partial charge in [-0.25, -0.2) is 4.98 Å². The van der Waals surface area contributed by atoms with Gasteiger partial charge in [-0.3, -0.25) is 4.79 Å². The first-order chi connectivity index (χ1) is 7.65. The zero-order valence-electron chi connectivity index (χ0n) is 8.65. The lowest BCUT2D eigenvalue weighted by Gasteiger charge is -2.27. The van der Waals surface area contributed by atoms with E-state index in [9.17, 15) is 4.79 Å². The van der Waals surface area contributed by atoms with E-state index in [2.05, 4.69) is 10.3 Å². The van der Waals surface area contributed by atoms with Crippen LogP contribution in [0.15, 0.2) is 5.38 Å². The van der Waals surface area contributed by atoms with Gasteiger partial charge in [-0.1, -0.05) is 18.0 Å². The van der Waals surface area contributed by atoms with E-state index in [1.165, 1.54) is 11.3 Å². The molecule has 1 aliphatic rings. The van der Waals surface area contributed by atoms with Crippen LogP contribution in [-0.4, -0.2) is 22.1 Å². The average molecular weight is 261 g/mol. The molecule has 0 radical (unpaired) electrons. The number of halogens is 1. The highest BCUT2D eigenvalue weighted by Crippen LogP contribution is 2.28. The molecule has 0 bridgehead atoms. The first-order valence-corrected chi connectivity index (χ1v) is 6.51. The van der Waals surface area contributed by atoms with E-state index in [0.29, 0.717) is 11.6 Å². The van der Waals surface area contributed by atoms with Crippen molar-refractivity contribution in [2.45, 2.75) is 31.7 Å². The molecule has 16 heavy (non-hydrogen) atoms. The van der Waals surface area contributed by atoms with Gasteiger partial charge in [0.15, 0.2) is 5.13 Å². The Labute approximate surface area is 103 Å². The Hall–Kier alpha value is -0.810. The number of carbonyl (C=O) groups is 1. The highest BCUT2D eigenvalue weighted by Gasteiger charge is 2.27. The highest BCUT2D eigenvalue weighted by molar-refractivity contribution is 7.14. The summed E-state index contributed by atoms with van der Waals surface area (Å²) in [4.78, 5) is 15.0. The van der Waals surface area contributed by atoms with Crippen LogP contribution in [0.2, 0.25) is 5.15 Å². The molecule has 1 heterocycles. The van der Waals surface area contributed by atoms with Crippen molar-refractivity contribution < 1.29 is 9.90 Å². The summed E-state index contributed by atoms with van der Waals surface area (Å²) in [5.41, 5.74) is 0. The third-order valence-corrected chi connectivity index (χ3v) is 3.92. The molecule has 1 aromatic rings. The number of nitrogens with zero attached hydrogens (tertiary/aromatic N) is 1. The fourth-order valence-corrected chi connectivity index (χ4v) is 2.96. The molecule has 2 N–H and O–H groups in total. The topological polar surface area (TPSA) is 62.2 Å². The molecule has 0 saturated heterocycles. The molecule has 2 unspecified atom stereocenters. The Kier molecular flexibility index (Phi) is 3.66. The van der Waals surface area contributed by atoms with Crippen molar-refractivity contribution >= 4 is 34.0 Å². The van der Waals surface area contributed by atoms with Gasteiger partial charge in [0, 0.05) is 11.4 Å². The van der Waals surface area contributed by atoms with Crippen molar-refractivity contribution in [3.05, 3.63) is 10.5 Å². The fourth-order valence-electron chi connectivity index (χ4n) is 2.04. The molecular weight excluding hydrogens is 248 g/mol. The minimum atomic E-state index is -0.691. The number of nitrogens with one attached hydrogen (secondary N) is 1. The minimum absolute atomic E-state index is 0.206. The van der Waals surface area contributed by atoms with Gasteiger partial charge in [0.25, 0.3) is 0 Å². The summed E-state index contributed by atoms with van der Waals surface area (Å²) < 4.78 is 0. The zero-order valence-corrected chi connectivity index (χ0v) is 10.2. The van der Waals surface area contributed by atoms with Gasteiger partial charge >= 0.3 is 5.97 Å². The van der Waals surface area contributed by atoms with Gasteiger partial charge < -0.3 is 10.4 Å². The van der Waals surface area contributed by atoms with E-state index in [-0.39, 0.29) is 12.0 Å². The predicted molar refractivity (Wildman–Crippen MR) is 64.1 cm³/mol. The van der Waals surface area contributed by atoms with Crippen LogP contribution in [0.4, 0.5) is 5.13 Å². The molecule has 2 rings (SSSR count). The quantitative estimate of drug-likeness (QED) is 0.877. The summed E-state index contributed by atoms with van der Waals surface area (Å²) in [6, 6.07) is 0.206. The van der Waals surface area contributed by atoms with Crippen molar-refractivity contribution in [1.82, 2.24) is 4.98 Å². The first-order valence-electron chi connectivity index (χ1n) is 5.25. The third-order valence-electron chi connectivity index (χ3n) is 2.83. The Morgan fingerprint density at radius 1 is 1.62 bits per heavy atom. The lowest BCUT2D eigenvalue weighted by Crippen LogP contribution is -2.30. The number of carboxylic acid groups (broad SMARTS) is 1. The van der Waals surface area contributed by atoms with Gasteiger partial charge in [0.1, 0.15) is 5.15 Å². The van der Waals surface area contributed by atoms with Gasteiger partial charge in [-0.05, 0) is 19.3 Å². The molecule has 4 nitrogen and oxygen atoms in total. The molecule has 0 aliphatic heterocycles. The number of hydrogen-bond donors (Lipinski definition) is 2. The molecule has 0 spiro atoms. The SMILES string of the molecule is O=C(O)C1CCCC(Nc2nc(Cl)cs2)C1. The second-order valence-corrected chi connectivity index (χ2v) is 5.26. The van der Waals surface area contributed by atoms with Gasteiger partial charge in [0.2, 0.25) is 0 Å². The Morgan fingerprint density at radius 2 is 2.44 bits per heavy atom. The minimum Gasteiger partial charge on any atom is -0.481 e. The number of aliphatic carboxylic acids is 1. The molecule has 1 aliphatic carbocycles. The summed E-state index contributed by atoms with van der Waals surface area (Å²) in [6.45, 7) is 0. The normalized spacial score (nSPS) is 25.3. The molecule has 2 atom stereocenters. The Balaban J connectivity index is 1.92. The smallest absolute Gasteiger partial charge is 0.306 e. The van der Waals surface area contributed by atoms with Crippen LogP contribution in [0.3, 0.4) is 0 Å². The molecule has 0 amide bonds. The molecule has 1 saturated carbocycles. The molecule has 0 aromatic carbocycles. The van der Waals surface area contributed by atoms with Crippen LogP contribution in [0.1, 0.15) is 25.7 Å². The molecule has 6 heteroatoms. The summed E-state index contributed by atoms with van der Waals surface area (Å²) in [6.07, 6.45) is 3.41. The maximum absolute atomic E-state index is 10.9. The maximum atomic E-state index is 10.9. The van der Waals surface area contributed by atoms with Crippen molar-refractivity contribution in [3.63, 3.8) is 0 Å². The predicted octanol–water partition coefficient (Wildman–Crippen LogP) is 2.85. The number of rotatable bonds is 3. The van der Waals surface area contributed by atoms with Crippen LogP contribution in [-0.2, 0) is 4.79 Å². The standard InChI is InChI=1S/C10H13ClN2O2S/c11-8-5-16-10(13-8)12-7-3-1-2-6(4-7)9(14)15/h5-7H,1-4H2,(H,12,13)(H,14,15). The van der Waals surface area contributed by atoms with E-state index in [1.54, 1.807) is 5.38 Å². The summed E-state index contributed by atoms with van der Waals surface area (Å²) in [7, 11) is 0. The van der Waals surface area contributed by atoms with E-state index < -0.39 is 5.97 Å². The van der Waals surface area contributed by atoms with Crippen LogP contribution in [0.5, 0.6) is 0 Å². The van der Waals surface area contributed by atoms with Crippen LogP contribution >= 0.6 is 22.9 Å². The Morgan fingerprint density at radius 3 is 3.06 bits per heavy atom. The summed E-state index contributed by atoms with van der Waals surface area (Å²) in [5, 5.41) is 15.2. The van der Waals surface area contributed by atoms with Crippen LogP contribution in [0.25, 0.3) is 0 Å². The van der Waals surface area contributed by atoms with Crippen molar-refractivity contribution in [2.75, 3.05) is 5.32 Å². The van der Waals surface area contributed by atoms with E-state index in [0.717, 1.165) is 24.4 Å². The summed E-state index contributed by atoms with van der Waals surface area (Å²) in [5.74, 6) is -0.912. The largest absolute Gasteiger partial charge is 0.481 e. The lowest BCUT2D eigenvalue weighted by atomic mass is 9.86. The molecule has 88 valence electrons. The van der Waals surface area contributed by atoms with Crippen LogP contribution in [0, 0.1) is 5.92 Å². The van der Waals surface area contributed by atoms with Gasteiger partial charge in [0.05, 0.1) is 5.92 Å². The fraction of sp³-hybridized carbons (Fsp3) is 0.600. The lowest BCUT2D eigenvalue weighted by molar-refractivity contribution is -0.142. The van der Waals surface area contributed by atoms with Crippen LogP contribution < -0.4 is 5.32 Å². The molecule has 1 fully saturated rings. The monoisotopic (exact) mass is 260 g/mol. The molecule has 1 aromatic heterocycles. The second kappa shape index (κ2) is 5.01. The number of anilines is 1. The number of hydrogen-bond acceptors (Lipinski definition) is 4.